The third-order valence-corrected chi connectivity index (χ3v) is 4.33. The third kappa shape index (κ3) is 4.73. The lowest BCUT2D eigenvalue weighted by Crippen LogP contribution is -2.34. The van der Waals surface area contributed by atoms with E-state index in [-0.39, 0.29) is 11.8 Å². The van der Waals surface area contributed by atoms with Gasteiger partial charge in [-0.1, -0.05) is 25.9 Å². The van der Waals surface area contributed by atoms with E-state index in [1.807, 2.05) is 20.8 Å². The Morgan fingerprint density at radius 2 is 1.92 bits per heavy atom. The lowest BCUT2D eigenvalue weighted by atomic mass is 9.96. The Kier molecular flexibility index (Phi) is 5.62. The lowest BCUT2D eigenvalue weighted by molar-refractivity contribution is -0.188. The number of carboxylic acid groups (broad SMARTS) is 1. The molecule has 1 aliphatic heterocycles. The number of carbonyl (C=O) groups excluding carboxylic acids is 1. The number of aromatic nitrogens is 2. The first-order valence-corrected chi connectivity index (χ1v) is 8.30. The van der Waals surface area contributed by atoms with E-state index in [2.05, 4.69) is 10.1 Å². The molecule has 0 spiro atoms. The number of aryl methyl sites for hydroxylation is 1. The van der Waals surface area contributed by atoms with E-state index < -0.39 is 43.0 Å². The summed E-state index contributed by atoms with van der Waals surface area (Å²) in [6, 6.07) is 0. The molecule has 1 saturated heterocycles. The normalized spacial score (nSPS) is 21.2. The summed E-state index contributed by atoms with van der Waals surface area (Å²) < 4.78 is 43.9. The van der Waals surface area contributed by atoms with E-state index in [1.54, 1.807) is 0 Å². The van der Waals surface area contributed by atoms with E-state index in [9.17, 15) is 22.8 Å². The van der Waals surface area contributed by atoms with Gasteiger partial charge in [0.15, 0.2) is 5.82 Å². The quantitative estimate of drug-likeness (QED) is 0.846. The molecular weight excluding hydrogens is 355 g/mol. The molecule has 1 aromatic rings. The van der Waals surface area contributed by atoms with Crippen molar-refractivity contribution in [2.24, 2.45) is 11.8 Å². The first-order chi connectivity index (χ1) is 11.9. The zero-order chi connectivity index (χ0) is 19.7. The van der Waals surface area contributed by atoms with Crippen LogP contribution in [-0.2, 0) is 21.4 Å². The number of halogens is 3. The molecule has 1 aromatic heterocycles. The molecule has 7 nitrogen and oxygen atoms in total. The van der Waals surface area contributed by atoms with Crippen LogP contribution in [0.3, 0.4) is 0 Å². The predicted molar refractivity (Wildman–Crippen MR) is 83.2 cm³/mol. The molecule has 0 unspecified atom stereocenters. The number of hydrogen-bond acceptors (Lipinski definition) is 5. The largest absolute Gasteiger partial charge is 0.481 e. The van der Waals surface area contributed by atoms with Crippen LogP contribution in [0, 0.1) is 11.8 Å². The highest BCUT2D eigenvalue weighted by atomic mass is 19.4. The fraction of sp³-hybridized carbons (Fsp3) is 0.750. The van der Waals surface area contributed by atoms with Crippen molar-refractivity contribution in [3.8, 4) is 0 Å². The minimum absolute atomic E-state index is 0.00977. The zero-order valence-corrected chi connectivity index (χ0v) is 14.8. The molecule has 0 saturated carbocycles. The second-order valence-corrected chi connectivity index (χ2v) is 7.51. The van der Waals surface area contributed by atoms with Crippen LogP contribution in [0.5, 0.6) is 0 Å². The van der Waals surface area contributed by atoms with E-state index in [0.717, 1.165) is 4.90 Å². The Bertz CT molecular complexity index is 666. The number of amides is 1. The average molecular weight is 377 g/mol. The van der Waals surface area contributed by atoms with Gasteiger partial charge < -0.3 is 14.5 Å². The number of rotatable bonds is 5. The van der Waals surface area contributed by atoms with Crippen molar-refractivity contribution in [3.05, 3.63) is 11.7 Å². The Balaban J connectivity index is 1.88. The van der Waals surface area contributed by atoms with Gasteiger partial charge in [-0.3, -0.25) is 9.59 Å². The number of nitrogens with zero attached hydrogens (tertiary/aromatic N) is 3. The molecule has 1 N–H and O–H groups in total. The molecule has 0 bridgehead atoms. The van der Waals surface area contributed by atoms with Gasteiger partial charge in [0, 0.05) is 31.3 Å². The highest BCUT2D eigenvalue weighted by Crippen LogP contribution is 2.38. The number of aliphatic carboxylic acids is 1. The summed E-state index contributed by atoms with van der Waals surface area (Å²) in [4.78, 5) is 28.4. The fourth-order valence-corrected chi connectivity index (χ4v) is 2.80. The Morgan fingerprint density at radius 1 is 1.27 bits per heavy atom. The number of carbonyl (C=O) groups is 2. The summed E-state index contributed by atoms with van der Waals surface area (Å²) in [5, 5.41) is 12.8. The Hall–Kier alpha value is -2.13. The van der Waals surface area contributed by atoms with Crippen LogP contribution in [0.4, 0.5) is 13.2 Å². The second kappa shape index (κ2) is 7.24. The van der Waals surface area contributed by atoms with Gasteiger partial charge in [0.25, 0.3) is 0 Å². The number of likely N-dealkylation sites (tertiary alicyclic amines) is 1. The first kappa shape index (κ1) is 20.2. The van der Waals surface area contributed by atoms with Gasteiger partial charge in [-0.2, -0.15) is 18.2 Å². The van der Waals surface area contributed by atoms with Crippen LogP contribution in [-0.4, -0.2) is 51.3 Å². The minimum Gasteiger partial charge on any atom is -0.481 e. The molecule has 0 aromatic carbocycles. The van der Waals surface area contributed by atoms with Crippen molar-refractivity contribution in [3.63, 3.8) is 0 Å². The molecule has 2 atom stereocenters. The molecule has 1 fully saturated rings. The number of carboxylic acids is 1. The Labute approximate surface area is 148 Å². The third-order valence-electron chi connectivity index (χ3n) is 4.33. The van der Waals surface area contributed by atoms with Crippen molar-refractivity contribution in [1.29, 1.82) is 0 Å². The molecule has 1 amide bonds. The van der Waals surface area contributed by atoms with Crippen LogP contribution in [0.2, 0.25) is 0 Å². The highest BCUT2D eigenvalue weighted by Gasteiger charge is 2.53. The molecule has 2 rings (SSSR count). The van der Waals surface area contributed by atoms with E-state index in [1.165, 1.54) is 0 Å². The summed E-state index contributed by atoms with van der Waals surface area (Å²) in [5.41, 5.74) is -0.272. The van der Waals surface area contributed by atoms with Gasteiger partial charge in [-0.05, 0) is 6.42 Å². The van der Waals surface area contributed by atoms with E-state index >= 15 is 0 Å². The van der Waals surface area contributed by atoms with Gasteiger partial charge in [0.1, 0.15) is 0 Å². The van der Waals surface area contributed by atoms with Crippen LogP contribution in [0.15, 0.2) is 4.52 Å². The monoisotopic (exact) mass is 377 g/mol. The fourth-order valence-electron chi connectivity index (χ4n) is 2.80. The topological polar surface area (TPSA) is 96.5 Å². The summed E-state index contributed by atoms with van der Waals surface area (Å²) in [6.07, 6.45) is -4.00. The van der Waals surface area contributed by atoms with Crippen molar-refractivity contribution in [2.75, 3.05) is 13.1 Å². The van der Waals surface area contributed by atoms with Gasteiger partial charge in [-0.25, -0.2) is 0 Å². The van der Waals surface area contributed by atoms with Crippen LogP contribution in [0.1, 0.15) is 45.3 Å². The van der Waals surface area contributed by atoms with Crippen molar-refractivity contribution >= 4 is 11.9 Å². The van der Waals surface area contributed by atoms with Crippen molar-refractivity contribution in [2.45, 2.75) is 51.6 Å². The van der Waals surface area contributed by atoms with Crippen molar-refractivity contribution in [1.82, 2.24) is 15.0 Å². The zero-order valence-electron chi connectivity index (χ0n) is 14.8. The molecule has 146 valence electrons. The molecule has 26 heavy (non-hydrogen) atoms. The van der Waals surface area contributed by atoms with Crippen molar-refractivity contribution < 1.29 is 32.4 Å². The summed E-state index contributed by atoms with van der Waals surface area (Å²) in [5.74, 6) is -4.79. The number of alkyl halides is 3. The highest BCUT2D eigenvalue weighted by molar-refractivity contribution is 5.79. The predicted octanol–water partition coefficient (Wildman–Crippen LogP) is 2.41. The number of hydrogen-bond donors (Lipinski definition) is 1. The molecule has 2 heterocycles. The second-order valence-electron chi connectivity index (χ2n) is 7.51. The smallest absolute Gasteiger partial charge is 0.394 e. The summed E-state index contributed by atoms with van der Waals surface area (Å²) in [6.45, 7) is 4.73. The maximum absolute atomic E-state index is 13.0. The first-order valence-electron chi connectivity index (χ1n) is 8.30. The summed E-state index contributed by atoms with van der Waals surface area (Å²) in [7, 11) is 0. The van der Waals surface area contributed by atoms with Gasteiger partial charge in [0.2, 0.25) is 11.8 Å². The van der Waals surface area contributed by atoms with Crippen LogP contribution < -0.4 is 0 Å². The molecule has 0 radical (unpaired) electrons. The van der Waals surface area contributed by atoms with Gasteiger partial charge in [0.05, 0.1) is 11.8 Å². The maximum Gasteiger partial charge on any atom is 0.394 e. The standard InChI is InChI=1S/C16H22F3N3O4/c1-15(2,3)14-20-11(26-21-14)5-4-6-12(23)22-7-9(13(24)25)10(8-22)16(17,18)19/h9-10H,4-8H2,1-3H3,(H,24,25)/t9-,10-/m1/s1. The Morgan fingerprint density at radius 3 is 2.38 bits per heavy atom. The van der Waals surface area contributed by atoms with E-state index in [0.29, 0.717) is 24.6 Å². The summed E-state index contributed by atoms with van der Waals surface area (Å²) >= 11 is 0. The SMILES string of the molecule is CC(C)(C)c1noc(CCCC(=O)N2C[C@@H](C(F)(F)F)[C@H](C(=O)O)C2)n1. The van der Waals surface area contributed by atoms with Crippen LogP contribution in [0.25, 0.3) is 0 Å². The van der Waals surface area contributed by atoms with Gasteiger partial charge >= 0.3 is 12.1 Å². The molecule has 1 aliphatic rings. The van der Waals surface area contributed by atoms with E-state index in [4.69, 9.17) is 9.63 Å². The molecule has 0 aliphatic carbocycles. The van der Waals surface area contributed by atoms with Crippen LogP contribution >= 0.6 is 0 Å². The maximum atomic E-state index is 13.0. The molecule has 10 heteroatoms. The minimum atomic E-state index is -4.65. The lowest BCUT2D eigenvalue weighted by Gasteiger charge is -2.18. The molecular formula is C16H22F3N3O4. The average Bonchev–Trinajstić information content (AvgIpc) is 3.13. The van der Waals surface area contributed by atoms with Gasteiger partial charge in [-0.15, -0.1) is 0 Å².